The van der Waals surface area contributed by atoms with Crippen molar-refractivity contribution in [1.29, 1.82) is 5.26 Å². The van der Waals surface area contributed by atoms with E-state index < -0.39 is 0 Å². The summed E-state index contributed by atoms with van der Waals surface area (Å²) in [6, 6.07) is 2.19. The van der Waals surface area contributed by atoms with Gasteiger partial charge in [0.1, 0.15) is 0 Å². The molecular formula is C11H23N. The van der Waals surface area contributed by atoms with Crippen LogP contribution in [0.25, 0.3) is 0 Å². The fourth-order valence-corrected chi connectivity index (χ4v) is 0.961. The van der Waals surface area contributed by atoms with Crippen molar-refractivity contribution in [3.8, 4) is 6.07 Å². The van der Waals surface area contributed by atoms with E-state index in [2.05, 4.69) is 26.8 Å². The maximum atomic E-state index is 8.37. The molecule has 0 aromatic carbocycles. The van der Waals surface area contributed by atoms with Crippen molar-refractivity contribution in [2.24, 2.45) is 5.41 Å². The Labute approximate surface area is 77.8 Å². The molecule has 0 saturated carbocycles. The Bertz CT molecular complexity index is 117. The van der Waals surface area contributed by atoms with Crippen LogP contribution in [0.2, 0.25) is 0 Å². The predicted molar refractivity (Wildman–Crippen MR) is 54.9 cm³/mol. The van der Waals surface area contributed by atoms with Gasteiger partial charge in [-0.3, -0.25) is 0 Å². The van der Waals surface area contributed by atoms with Crippen LogP contribution in [0.3, 0.4) is 0 Å². The summed E-state index contributed by atoms with van der Waals surface area (Å²) in [6.07, 6.45) is 4.13. The molecule has 0 fully saturated rings. The molecule has 0 amide bonds. The Hall–Kier alpha value is -0.510. The van der Waals surface area contributed by atoms with Gasteiger partial charge in [0.2, 0.25) is 0 Å². The summed E-state index contributed by atoms with van der Waals surface area (Å²) in [5.41, 5.74) is 0.412. The first-order chi connectivity index (χ1) is 5.68. The Morgan fingerprint density at radius 1 is 1.17 bits per heavy atom. The average molecular weight is 169 g/mol. The van der Waals surface area contributed by atoms with Gasteiger partial charge in [-0.1, -0.05) is 47.5 Å². The Morgan fingerprint density at radius 2 is 1.58 bits per heavy atom. The lowest BCUT2D eigenvalue weighted by atomic mass is 9.81. The lowest BCUT2D eigenvalue weighted by Crippen LogP contribution is -2.12. The van der Waals surface area contributed by atoms with E-state index in [0.29, 0.717) is 11.8 Å². The number of nitrogens with zero attached hydrogens (tertiary/aromatic N) is 1. The first kappa shape index (κ1) is 14.0. The normalized spacial score (nSPS) is 9.67. The molecule has 12 heavy (non-hydrogen) atoms. The fourth-order valence-electron chi connectivity index (χ4n) is 0.961. The average Bonchev–Trinajstić information content (AvgIpc) is 2.17. The zero-order valence-electron chi connectivity index (χ0n) is 9.28. The quantitative estimate of drug-likeness (QED) is 0.620. The zero-order valence-corrected chi connectivity index (χ0v) is 9.28. The van der Waals surface area contributed by atoms with E-state index in [9.17, 15) is 0 Å². The lowest BCUT2D eigenvalue weighted by molar-refractivity contribution is 0.276. The second kappa shape index (κ2) is 8.59. The highest BCUT2D eigenvalue weighted by molar-refractivity contribution is 4.78. The molecular weight excluding hydrogens is 146 g/mol. The lowest BCUT2D eigenvalue weighted by Gasteiger charge is -2.24. The minimum Gasteiger partial charge on any atom is -0.198 e. The number of hydrogen-bond acceptors (Lipinski definition) is 1. The molecule has 0 bridgehead atoms. The molecule has 1 heteroatoms. The minimum absolute atomic E-state index is 0.412. The third-order valence-corrected chi connectivity index (χ3v) is 2.55. The molecule has 0 aliphatic rings. The summed E-state index contributed by atoms with van der Waals surface area (Å²) in [6.45, 7) is 10.6. The molecule has 0 aromatic rings. The van der Waals surface area contributed by atoms with Crippen molar-refractivity contribution in [3.63, 3.8) is 0 Å². The molecule has 0 N–H and O–H groups in total. The number of rotatable bonds is 4. The second-order valence-corrected chi connectivity index (χ2v) is 3.18. The van der Waals surface area contributed by atoms with Crippen LogP contribution in [-0.4, -0.2) is 0 Å². The van der Waals surface area contributed by atoms with Gasteiger partial charge in [0.05, 0.1) is 6.07 Å². The smallest absolute Gasteiger partial charge is 0.0621 e. The third-order valence-electron chi connectivity index (χ3n) is 2.55. The van der Waals surface area contributed by atoms with E-state index in [1.54, 1.807) is 0 Å². The second-order valence-electron chi connectivity index (χ2n) is 3.18. The fraction of sp³-hybridized carbons (Fsp3) is 0.909. The highest BCUT2D eigenvalue weighted by Gasteiger charge is 2.18. The van der Waals surface area contributed by atoms with E-state index in [1.165, 1.54) is 12.8 Å². The van der Waals surface area contributed by atoms with Crippen LogP contribution in [0, 0.1) is 16.7 Å². The summed E-state index contributed by atoms with van der Waals surface area (Å²) < 4.78 is 0. The van der Waals surface area contributed by atoms with Gasteiger partial charge in [-0.15, -0.1) is 0 Å². The summed E-state index contributed by atoms with van der Waals surface area (Å²) in [5.74, 6) is 0. The van der Waals surface area contributed by atoms with Crippen LogP contribution in [0.5, 0.6) is 0 Å². The molecule has 0 aliphatic heterocycles. The summed E-state index contributed by atoms with van der Waals surface area (Å²) in [5, 5.41) is 8.37. The summed E-state index contributed by atoms with van der Waals surface area (Å²) in [4.78, 5) is 0. The van der Waals surface area contributed by atoms with Crippen molar-refractivity contribution in [3.05, 3.63) is 0 Å². The van der Waals surface area contributed by atoms with Gasteiger partial charge in [-0.05, 0) is 11.8 Å². The van der Waals surface area contributed by atoms with Crippen molar-refractivity contribution in [1.82, 2.24) is 0 Å². The van der Waals surface area contributed by atoms with Crippen LogP contribution < -0.4 is 0 Å². The van der Waals surface area contributed by atoms with Gasteiger partial charge in [-0.25, -0.2) is 0 Å². The van der Waals surface area contributed by atoms with Crippen molar-refractivity contribution in [2.45, 2.75) is 60.3 Å². The van der Waals surface area contributed by atoms with Gasteiger partial charge < -0.3 is 0 Å². The maximum Gasteiger partial charge on any atom is 0.0621 e. The molecule has 0 unspecified atom stereocenters. The van der Waals surface area contributed by atoms with Crippen molar-refractivity contribution in [2.75, 3.05) is 0 Å². The van der Waals surface area contributed by atoms with Crippen LogP contribution in [0.4, 0.5) is 0 Å². The van der Waals surface area contributed by atoms with E-state index in [4.69, 9.17) is 5.26 Å². The molecule has 0 rings (SSSR count). The number of hydrogen-bond donors (Lipinski definition) is 0. The zero-order chi connectivity index (χ0) is 10.0. The summed E-state index contributed by atoms with van der Waals surface area (Å²) in [7, 11) is 0. The van der Waals surface area contributed by atoms with Crippen LogP contribution in [-0.2, 0) is 0 Å². The predicted octanol–water partition coefficient (Wildman–Crippen LogP) is 4.14. The molecule has 0 radical (unpaired) electrons. The molecule has 0 aromatic heterocycles. The SMILES string of the molecule is CC.CCC(C)(CC)CCC#N. The molecule has 72 valence electrons. The Morgan fingerprint density at radius 3 is 1.83 bits per heavy atom. The Balaban J connectivity index is 0. The van der Waals surface area contributed by atoms with Crippen molar-refractivity contribution >= 4 is 0 Å². The molecule has 0 spiro atoms. The third kappa shape index (κ3) is 6.22. The highest BCUT2D eigenvalue weighted by Crippen LogP contribution is 2.30. The van der Waals surface area contributed by atoms with Gasteiger partial charge in [0.15, 0.2) is 0 Å². The van der Waals surface area contributed by atoms with Gasteiger partial charge in [0.25, 0.3) is 0 Å². The highest BCUT2D eigenvalue weighted by atomic mass is 14.3. The van der Waals surface area contributed by atoms with E-state index in [-0.39, 0.29) is 0 Å². The monoisotopic (exact) mass is 169 g/mol. The van der Waals surface area contributed by atoms with Gasteiger partial charge in [0, 0.05) is 6.42 Å². The minimum atomic E-state index is 0.412. The summed E-state index contributed by atoms with van der Waals surface area (Å²) >= 11 is 0. The molecule has 0 saturated heterocycles. The standard InChI is InChI=1S/C9H17N.C2H6/c1-4-9(3,5-2)7-6-8-10;1-2/h4-7H2,1-3H3;1-2H3. The topological polar surface area (TPSA) is 23.8 Å². The molecule has 0 heterocycles. The molecule has 0 aliphatic carbocycles. The maximum absolute atomic E-state index is 8.37. The van der Waals surface area contributed by atoms with Crippen LogP contribution >= 0.6 is 0 Å². The van der Waals surface area contributed by atoms with E-state index in [0.717, 1.165) is 6.42 Å². The largest absolute Gasteiger partial charge is 0.198 e. The Kier molecular flexibility index (Phi) is 10.0. The first-order valence-electron chi connectivity index (χ1n) is 5.05. The van der Waals surface area contributed by atoms with E-state index in [1.807, 2.05) is 13.8 Å². The van der Waals surface area contributed by atoms with Crippen LogP contribution in [0.1, 0.15) is 60.3 Å². The number of nitriles is 1. The molecule has 1 nitrogen and oxygen atoms in total. The van der Waals surface area contributed by atoms with Gasteiger partial charge >= 0.3 is 0 Å². The first-order valence-corrected chi connectivity index (χ1v) is 5.05. The van der Waals surface area contributed by atoms with E-state index >= 15 is 0 Å². The van der Waals surface area contributed by atoms with Gasteiger partial charge in [-0.2, -0.15) is 5.26 Å². The van der Waals surface area contributed by atoms with Crippen LogP contribution in [0.15, 0.2) is 0 Å². The van der Waals surface area contributed by atoms with Crippen molar-refractivity contribution < 1.29 is 0 Å². The molecule has 0 atom stereocenters.